The Bertz CT molecular complexity index is 1050. The molecule has 3 aromatic rings. The second kappa shape index (κ2) is 7.56. The zero-order chi connectivity index (χ0) is 20.4. The van der Waals surface area contributed by atoms with Crippen molar-refractivity contribution >= 4 is 11.9 Å². The number of benzene rings is 2. The number of halogens is 1. The zero-order valence-corrected chi connectivity index (χ0v) is 15.3. The number of esters is 1. The van der Waals surface area contributed by atoms with Crippen LogP contribution in [0.2, 0.25) is 0 Å². The number of carbonyl (C=O) groups excluding carboxylic acids is 1. The highest BCUT2D eigenvalue weighted by Gasteiger charge is 2.21. The lowest BCUT2D eigenvalue weighted by Gasteiger charge is -2.13. The van der Waals surface area contributed by atoms with E-state index in [-0.39, 0.29) is 12.2 Å². The van der Waals surface area contributed by atoms with E-state index in [1.165, 1.54) is 30.3 Å². The van der Waals surface area contributed by atoms with Crippen molar-refractivity contribution in [2.45, 2.75) is 13.8 Å². The molecule has 0 atom stereocenters. The average molecular weight is 383 g/mol. The van der Waals surface area contributed by atoms with Crippen molar-refractivity contribution in [1.82, 2.24) is 4.57 Å². The number of phenols is 1. The van der Waals surface area contributed by atoms with Crippen LogP contribution in [0.15, 0.2) is 48.5 Å². The van der Waals surface area contributed by atoms with Crippen LogP contribution in [0.1, 0.15) is 33.3 Å². The van der Waals surface area contributed by atoms with E-state index in [0.29, 0.717) is 28.2 Å². The smallest absolute Gasteiger partial charge is 0.339 e. The third-order valence-corrected chi connectivity index (χ3v) is 4.35. The van der Waals surface area contributed by atoms with E-state index in [2.05, 4.69) is 0 Å². The number of hydrogen-bond donors (Lipinski definition) is 2. The molecular weight excluding hydrogens is 365 g/mol. The molecule has 1 heterocycles. The number of aromatic hydroxyl groups is 1. The first kappa shape index (κ1) is 19.2. The molecule has 0 saturated carbocycles. The van der Waals surface area contributed by atoms with Gasteiger partial charge in [0.1, 0.15) is 17.1 Å². The van der Waals surface area contributed by atoms with E-state index in [4.69, 9.17) is 9.84 Å². The molecule has 3 rings (SSSR count). The molecular formula is C21H18FNO5. The van der Waals surface area contributed by atoms with E-state index >= 15 is 0 Å². The molecule has 0 aliphatic carbocycles. The Balaban J connectivity index is 2.23. The van der Waals surface area contributed by atoms with Gasteiger partial charge in [-0.3, -0.25) is 0 Å². The van der Waals surface area contributed by atoms with Gasteiger partial charge in [-0.15, -0.1) is 0 Å². The van der Waals surface area contributed by atoms with Crippen LogP contribution in [0.4, 0.5) is 4.39 Å². The third kappa shape index (κ3) is 3.46. The molecule has 0 fully saturated rings. The van der Waals surface area contributed by atoms with Gasteiger partial charge in [0, 0.05) is 17.4 Å². The number of nitrogens with zero attached hydrogens (tertiary/aromatic N) is 1. The molecule has 0 spiro atoms. The minimum absolute atomic E-state index is 0.212. The van der Waals surface area contributed by atoms with Gasteiger partial charge >= 0.3 is 11.9 Å². The van der Waals surface area contributed by atoms with Crippen molar-refractivity contribution in [3.05, 3.63) is 71.2 Å². The number of aromatic carboxylic acids is 1. The average Bonchev–Trinajstić information content (AvgIpc) is 2.99. The van der Waals surface area contributed by atoms with E-state index in [1.807, 2.05) is 0 Å². The molecule has 144 valence electrons. The molecule has 0 unspecified atom stereocenters. The Hall–Kier alpha value is -3.61. The number of carboxylic acid groups (broad SMARTS) is 1. The summed E-state index contributed by atoms with van der Waals surface area (Å²) in [5.41, 5.74) is 2.30. The van der Waals surface area contributed by atoms with Gasteiger partial charge in [-0.05, 0) is 61.9 Å². The molecule has 0 aliphatic rings. The molecule has 2 N–H and O–H groups in total. The highest BCUT2D eigenvalue weighted by molar-refractivity contribution is 5.94. The Morgan fingerprint density at radius 3 is 2.32 bits per heavy atom. The maximum atomic E-state index is 13.3. The highest BCUT2D eigenvalue weighted by atomic mass is 19.1. The van der Waals surface area contributed by atoms with Crippen LogP contribution in [0.3, 0.4) is 0 Å². The summed E-state index contributed by atoms with van der Waals surface area (Å²) in [6.07, 6.45) is 0. The largest absolute Gasteiger partial charge is 0.507 e. The van der Waals surface area contributed by atoms with Gasteiger partial charge in [0.05, 0.1) is 17.9 Å². The van der Waals surface area contributed by atoms with Crippen molar-refractivity contribution in [3.8, 4) is 22.7 Å². The quantitative estimate of drug-likeness (QED) is 0.646. The predicted molar refractivity (Wildman–Crippen MR) is 100 cm³/mol. The summed E-state index contributed by atoms with van der Waals surface area (Å²) in [7, 11) is 0. The van der Waals surface area contributed by atoms with Gasteiger partial charge in [0.15, 0.2) is 0 Å². The minimum atomic E-state index is -1.25. The van der Waals surface area contributed by atoms with Crippen LogP contribution in [0.25, 0.3) is 16.9 Å². The third-order valence-electron chi connectivity index (χ3n) is 4.35. The first-order valence-electron chi connectivity index (χ1n) is 8.55. The summed E-state index contributed by atoms with van der Waals surface area (Å²) < 4.78 is 20.1. The summed E-state index contributed by atoms with van der Waals surface area (Å²) in [4.78, 5) is 23.5. The Morgan fingerprint density at radius 2 is 1.75 bits per heavy atom. The molecule has 28 heavy (non-hydrogen) atoms. The molecule has 6 nitrogen and oxygen atoms in total. The SMILES string of the molecule is CCOC(=O)c1cc(-c2ccc(F)cc2)n(-c2ccc(C(=O)O)c(O)c2)c1C. The topological polar surface area (TPSA) is 88.8 Å². The number of carboxylic acids is 1. The monoisotopic (exact) mass is 383 g/mol. The van der Waals surface area contributed by atoms with E-state index in [1.54, 1.807) is 36.6 Å². The fourth-order valence-corrected chi connectivity index (χ4v) is 3.03. The van der Waals surface area contributed by atoms with Crippen molar-refractivity contribution < 1.29 is 28.9 Å². The summed E-state index contributed by atoms with van der Waals surface area (Å²) in [6.45, 7) is 3.62. The second-order valence-electron chi connectivity index (χ2n) is 6.10. The Labute approximate surface area is 160 Å². The number of hydrogen-bond acceptors (Lipinski definition) is 4. The standard InChI is InChI=1S/C21H18FNO5/c1-3-28-21(27)17-11-18(13-4-6-14(22)7-5-13)23(12(17)2)15-8-9-16(20(25)26)19(24)10-15/h4-11,24H,3H2,1-2H3,(H,25,26). The fraction of sp³-hybridized carbons (Fsp3) is 0.143. The van der Waals surface area contributed by atoms with Crippen LogP contribution < -0.4 is 0 Å². The van der Waals surface area contributed by atoms with Gasteiger partial charge in [-0.25, -0.2) is 14.0 Å². The van der Waals surface area contributed by atoms with E-state index in [0.717, 1.165) is 0 Å². The van der Waals surface area contributed by atoms with Gasteiger partial charge < -0.3 is 19.5 Å². The lowest BCUT2D eigenvalue weighted by molar-refractivity contribution is 0.0525. The molecule has 0 saturated heterocycles. The highest BCUT2D eigenvalue weighted by Crippen LogP contribution is 2.32. The van der Waals surface area contributed by atoms with Crippen molar-refractivity contribution in [3.63, 3.8) is 0 Å². The maximum Gasteiger partial charge on any atom is 0.339 e. The lowest BCUT2D eigenvalue weighted by atomic mass is 10.1. The van der Waals surface area contributed by atoms with Crippen molar-refractivity contribution in [2.75, 3.05) is 6.61 Å². The lowest BCUT2D eigenvalue weighted by Crippen LogP contribution is -2.07. The summed E-state index contributed by atoms with van der Waals surface area (Å²) in [5, 5.41) is 19.2. The first-order chi connectivity index (χ1) is 13.3. The molecule has 1 aromatic heterocycles. The molecule has 2 aromatic carbocycles. The van der Waals surface area contributed by atoms with Gasteiger partial charge in [0.2, 0.25) is 0 Å². The number of carbonyl (C=O) groups is 2. The van der Waals surface area contributed by atoms with Crippen LogP contribution in [-0.2, 0) is 4.74 Å². The minimum Gasteiger partial charge on any atom is -0.507 e. The van der Waals surface area contributed by atoms with Crippen LogP contribution >= 0.6 is 0 Å². The molecule has 0 bridgehead atoms. The molecule has 0 amide bonds. The van der Waals surface area contributed by atoms with Crippen molar-refractivity contribution in [2.24, 2.45) is 0 Å². The second-order valence-corrected chi connectivity index (χ2v) is 6.10. The normalized spacial score (nSPS) is 10.7. The Morgan fingerprint density at radius 1 is 1.07 bits per heavy atom. The number of rotatable bonds is 5. The van der Waals surface area contributed by atoms with E-state index in [9.17, 15) is 19.1 Å². The molecule has 7 heteroatoms. The summed E-state index contributed by atoms with van der Waals surface area (Å²) in [5.74, 6) is -2.55. The molecule has 0 aliphatic heterocycles. The zero-order valence-electron chi connectivity index (χ0n) is 15.3. The fourth-order valence-electron chi connectivity index (χ4n) is 3.03. The number of aromatic nitrogens is 1. The van der Waals surface area contributed by atoms with Gasteiger partial charge in [-0.2, -0.15) is 0 Å². The molecule has 0 radical (unpaired) electrons. The van der Waals surface area contributed by atoms with Crippen molar-refractivity contribution in [1.29, 1.82) is 0 Å². The Kier molecular flexibility index (Phi) is 5.17. The predicted octanol–water partition coefficient (Wildman–Crippen LogP) is 4.17. The van der Waals surface area contributed by atoms with E-state index < -0.39 is 23.5 Å². The van der Waals surface area contributed by atoms with Crippen LogP contribution in [0, 0.1) is 12.7 Å². The van der Waals surface area contributed by atoms with Crippen LogP contribution in [0.5, 0.6) is 5.75 Å². The van der Waals surface area contributed by atoms with Gasteiger partial charge in [-0.1, -0.05) is 0 Å². The summed E-state index contributed by atoms with van der Waals surface area (Å²) in [6, 6.07) is 11.5. The maximum absolute atomic E-state index is 13.3. The van der Waals surface area contributed by atoms with Crippen LogP contribution in [-0.4, -0.2) is 33.3 Å². The number of ether oxygens (including phenoxy) is 1. The first-order valence-corrected chi connectivity index (χ1v) is 8.55. The van der Waals surface area contributed by atoms with Gasteiger partial charge in [0.25, 0.3) is 0 Å². The summed E-state index contributed by atoms with van der Waals surface area (Å²) >= 11 is 0.